The molecule has 13 rings (SSSR count). The molecule has 0 bridgehead atoms. The molecule has 314 valence electrons. The third kappa shape index (κ3) is 6.26. The lowest BCUT2D eigenvalue weighted by atomic mass is 9.67. The Kier molecular flexibility index (Phi) is 9.11. The summed E-state index contributed by atoms with van der Waals surface area (Å²) in [5.41, 5.74) is 19.0. The van der Waals surface area contributed by atoms with Crippen molar-refractivity contribution in [1.29, 1.82) is 0 Å². The Balaban J connectivity index is 1.02. The number of hydrogen-bond acceptors (Lipinski definition) is 2. The molecule has 0 saturated carbocycles. The van der Waals surface area contributed by atoms with Crippen molar-refractivity contribution >= 4 is 49.8 Å². The van der Waals surface area contributed by atoms with E-state index in [1.807, 2.05) is 12.1 Å². The van der Waals surface area contributed by atoms with Crippen molar-refractivity contribution in [2.75, 3.05) is 4.90 Å². The van der Waals surface area contributed by atoms with Gasteiger partial charge in [-0.15, -0.1) is 0 Å². The van der Waals surface area contributed by atoms with Crippen LogP contribution in [0.2, 0.25) is 0 Å². The molecule has 0 unspecified atom stereocenters. The van der Waals surface area contributed by atoms with Crippen LogP contribution in [0, 0.1) is 0 Å². The summed E-state index contributed by atoms with van der Waals surface area (Å²) in [6, 6.07) is 95.2. The Morgan fingerprint density at radius 2 is 0.881 bits per heavy atom. The minimum absolute atomic E-state index is 0.545. The van der Waals surface area contributed by atoms with Gasteiger partial charge < -0.3 is 9.32 Å². The largest absolute Gasteiger partial charge is 0.456 e. The standard InChI is InChI=1S/C65H43NO/c1-3-20-49(21-4-1)65(50-22-5-2-6-23-50)60-30-12-9-27-56(60)57-39-38-52(43-61(57)65)66(62-31-13-10-26-55(62)48-37-40-64-59(42-48)58-28-11-14-32-63(58)67-64)51-24-15-19-47(41-51)44-33-35-46(36-34-44)54-29-16-18-45-17-7-8-25-53(45)54/h1-43H. The highest BCUT2D eigenvalue weighted by Gasteiger charge is 2.46. The Bertz CT molecular complexity index is 3760. The van der Waals surface area contributed by atoms with Crippen molar-refractivity contribution in [3.63, 3.8) is 0 Å². The first kappa shape index (κ1) is 38.7. The third-order valence-corrected chi connectivity index (χ3v) is 14.0. The number of nitrogens with zero attached hydrogens (tertiary/aromatic N) is 1. The van der Waals surface area contributed by atoms with E-state index in [4.69, 9.17) is 4.42 Å². The molecule has 1 aliphatic carbocycles. The van der Waals surface area contributed by atoms with Crippen molar-refractivity contribution in [2.24, 2.45) is 0 Å². The third-order valence-electron chi connectivity index (χ3n) is 14.0. The fourth-order valence-electron chi connectivity index (χ4n) is 10.9. The summed E-state index contributed by atoms with van der Waals surface area (Å²) in [6.45, 7) is 0. The fourth-order valence-corrected chi connectivity index (χ4v) is 10.9. The summed E-state index contributed by atoms with van der Waals surface area (Å²) in [6.07, 6.45) is 0. The van der Waals surface area contributed by atoms with Crippen LogP contribution in [-0.4, -0.2) is 0 Å². The van der Waals surface area contributed by atoms with Crippen LogP contribution < -0.4 is 4.90 Å². The molecule has 0 radical (unpaired) electrons. The maximum atomic E-state index is 6.32. The van der Waals surface area contributed by atoms with E-state index in [1.165, 1.54) is 55.3 Å². The van der Waals surface area contributed by atoms with E-state index >= 15 is 0 Å². The average molecular weight is 854 g/mol. The number of furan rings is 1. The lowest BCUT2D eigenvalue weighted by Crippen LogP contribution is -2.28. The van der Waals surface area contributed by atoms with Crippen LogP contribution in [0.5, 0.6) is 0 Å². The highest BCUT2D eigenvalue weighted by Crippen LogP contribution is 2.57. The van der Waals surface area contributed by atoms with Gasteiger partial charge in [-0.05, 0) is 121 Å². The Hall–Kier alpha value is -8.72. The first-order valence-electron chi connectivity index (χ1n) is 23.1. The zero-order chi connectivity index (χ0) is 44.3. The maximum Gasteiger partial charge on any atom is 0.135 e. The maximum absolute atomic E-state index is 6.32. The van der Waals surface area contributed by atoms with Gasteiger partial charge in [0.15, 0.2) is 0 Å². The minimum atomic E-state index is -0.545. The number of fused-ring (bicyclic) bond motifs is 7. The molecule has 0 amide bonds. The first-order valence-corrected chi connectivity index (χ1v) is 23.1. The Labute approximate surface area is 390 Å². The van der Waals surface area contributed by atoms with E-state index in [0.717, 1.165) is 61.3 Å². The summed E-state index contributed by atoms with van der Waals surface area (Å²) in [7, 11) is 0. The second-order valence-electron chi connectivity index (χ2n) is 17.6. The van der Waals surface area contributed by atoms with Crippen LogP contribution in [0.4, 0.5) is 17.1 Å². The molecule has 0 N–H and O–H groups in total. The molecule has 1 aliphatic rings. The number of hydrogen-bond donors (Lipinski definition) is 0. The predicted molar refractivity (Wildman–Crippen MR) is 280 cm³/mol. The molecule has 12 aromatic rings. The van der Waals surface area contributed by atoms with E-state index in [9.17, 15) is 0 Å². The van der Waals surface area contributed by atoms with Crippen LogP contribution in [0.3, 0.4) is 0 Å². The Morgan fingerprint density at radius 3 is 1.70 bits per heavy atom. The van der Waals surface area contributed by atoms with Gasteiger partial charge in [0.05, 0.1) is 11.1 Å². The predicted octanol–water partition coefficient (Wildman–Crippen LogP) is 17.6. The number of rotatable bonds is 8. The lowest BCUT2D eigenvalue weighted by Gasteiger charge is -2.35. The van der Waals surface area contributed by atoms with E-state index in [1.54, 1.807) is 0 Å². The van der Waals surface area contributed by atoms with Crippen molar-refractivity contribution in [3.05, 3.63) is 283 Å². The normalized spacial score (nSPS) is 12.6. The van der Waals surface area contributed by atoms with Crippen molar-refractivity contribution < 1.29 is 4.42 Å². The van der Waals surface area contributed by atoms with Gasteiger partial charge in [-0.3, -0.25) is 0 Å². The van der Waals surface area contributed by atoms with Crippen molar-refractivity contribution in [2.45, 2.75) is 5.41 Å². The smallest absolute Gasteiger partial charge is 0.135 e. The van der Waals surface area contributed by atoms with Gasteiger partial charge in [0.25, 0.3) is 0 Å². The van der Waals surface area contributed by atoms with E-state index in [-0.39, 0.29) is 0 Å². The summed E-state index contributed by atoms with van der Waals surface area (Å²) in [5.74, 6) is 0. The average Bonchev–Trinajstić information content (AvgIpc) is 3.93. The van der Waals surface area contributed by atoms with Gasteiger partial charge in [-0.25, -0.2) is 0 Å². The molecule has 0 aliphatic heterocycles. The fraction of sp³-hybridized carbons (Fsp3) is 0.0154. The molecule has 0 spiro atoms. The monoisotopic (exact) mass is 853 g/mol. The minimum Gasteiger partial charge on any atom is -0.456 e. The van der Waals surface area contributed by atoms with Crippen LogP contribution in [0.15, 0.2) is 265 Å². The van der Waals surface area contributed by atoms with E-state index in [2.05, 4.69) is 254 Å². The molecule has 1 heterocycles. The molecule has 67 heavy (non-hydrogen) atoms. The van der Waals surface area contributed by atoms with E-state index in [0.29, 0.717) is 0 Å². The van der Waals surface area contributed by atoms with Crippen LogP contribution in [0.25, 0.3) is 77.2 Å². The molecule has 2 nitrogen and oxygen atoms in total. The van der Waals surface area contributed by atoms with Crippen molar-refractivity contribution in [3.8, 4) is 44.5 Å². The highest BCUT2D eigenvalue weighted by atomic mass is 16.3. The van der Waals surface area contributed by atoms with Gasteiger partial charge in [-0.1, -0.05) is 212 Å². The molecular formula is C65H43NO. The molecule has 2 heteroatoms. The molecule has 0 atom stereocenters. The first-order chi connectivity index (χ1) is 33.2. The quantitative estimate of drug-likeness (QED) is 0.151. The van der Waals surface area contributed by atoms with Crippen LogP contribution in [-0.2, 0) is 5.41 Å². The molecule has 0 fully saturated rings. The number of benzene rings is 11. The molecule has 11 aromatic carbocycles. The zero-order valence-electron chi connectivity index (χ0n) is 36.7. The topological polar surface area (TPSA) is 16.4 Å². The SMILES string of the molecule is c1ccc(C2(c3ccccc3)c3ccccc3-c3ccc(N(c4cccc(-c5ccc(-c6cccc7ccccc67)cc5)c4)c4ccccc4-c4ccc5oc6ccccc6c5c4)cc32)cc1. The second kappa shape index (κ2) is 15.8. The number of anilines is 3. The van der Waals surface area contributed by atoms with Gasteiger partial charge in [0.1, 0.15) is 11.2 Å². The van der Waals surface area contributed by atoms with Gasteiger partial charge in [-0.2, -0.15) is 0 Å². The lowest BCUT2D eigenvalue weighted by molar-refractivity contribution is 0.669. The van der Waals surface area contributed by atoms with Gasteiger partial charge >= 0.3 is 0 Å². The van der Waals surface area contributed by atoms with E-state index < -0.39 is 5.41 Å². The summed E-state index contributed by atoms with van der Waals surface area (Å²) in [4.78, 5) is 2.46. The molecule has 1 aromatic heterocycles. The second-order valence-corrected chi connectivity index (χ2v) is 17.6. The van der Waals surface area contributed by atoms with Crippen molar-refractivity contribution in [1.82, 2.24) is 0 Å². The van der Waals surface area contributed by atoms with Gasteiger partial charge in [0, 0.05) is 27.7 Å². The summed E-state index contributed by atoms with van der Waals surface area (Å²) < 4.78 is 6.32. The van der Waals surface area contributed by atoms with Crippen LogP contribution in [0.1, 0.15) is 22.3 Å². The van der Waals surface area contributed by atoms with Gasteiger partial charge in [0.2, 0.25) is 0 Å². The number of para-hydroxylation sites is 2. The Morgan fingerprint density at radius 1 is 0.299 bits per heavy atom. The summed E-state index contributed by atoms with van der Waals surface area (Å²) >= 11 is 0. The zero-order valence-corrected chi connectivity index (χ0v) is 36.7. The molecular weight excluding hydrogens is 811 g/mol. The van der Waals surface area contributed by atoms with Crippen LogP contribution >= 0.6 is 0 Å². The highest BCUT2D eigenvalue weighted by molar-refractivity contribution is 6.07. The summed E-state index contributed by atoms with van der Waals surface area (Å²) in [5, 5.41) is 4.73. The molecule has 0 saturated heterocycles.